The fraction of sp³-hybridized carbons (Fsp3) is 0.273. The van der Waals surface area contributed by atoms with Crippen molar-refractivity contribution in [1.82, 2.24) is 9.80 Å². The minimum absolute atomic E-state index is 0.0112. The highest BCUT2D eigenvalue weighted by molar-refractivity contribution is 7.12. The van der Waals surface area contributed by atoms with E-state index >= 15 is 0 Å². The molecule has 0 atom stereocenters. The van der Waals surface area contributed by atoms with E-state index in [2.05, 4.69) is 0 Å². The number of halogens is 1. The van der Waals surface area contributed by atoms with E-state index in [0.717, 1.165) is 21.8 Å². The van der Waals surface area contributed by atoms with Gasteiger partial charge in [0.05, 0.1) is 9.75 Å². The molecule has 1 aliphatic heterocycles. The van der Waals surface area contributed by atoms with Gasteiger partial charge in [-0.3, -0.25) is 9.59 Å². The largest absolute Gasteiger partial charge is 0.489 e. The Hall–Kier alpha value is -2.35. The molecule has 2 amide bonds. The minimum Gasteiger partial charge on any atom is -0.489 e. The predicted octanol–water partition coefficient (Wildman–Crippen LogP) is 4.95. The van der Waals surface area contributed by atoms with E-state index in [-0.39, 0.29) is 11.8 Å². The van der Waals surface area contributed by atoms with Crippen LogP contribution in [0.2, 0.25) is 5.02 Å². The Balaban J connectivity index is 1.31. The van der Waals surface area contributed by atoms with E-state index < -0.39 is 0 Å². The molecule has 3 heterocycles. The zero-order chi connectivity index (χ0) is 21.1. The van der Waals surface area contributed by atoms with Gasteiger partial charge in [-0.1, -0.05) is 17.7 Å². The summed E-state index contributed by atoms with van der Waals surface area (Å²) in [6, 6.07) is 11.1. The lowest BCUT2D eigenvalue weighted by Gasteiger charge is -2.34. The van der Waals surface area contributed by atoms with Gasteiger partial charge < -0.3 is 14.5 Å². The van der Waals surface area contributed by atoms with Crippen LogP contribution >= 0.6 is 34.3 Å². The molecule has 2 aromatic heterocycles. The first-order valence-electron chi connectivity index (χ1n) is 9.59. The Morgan fingerprint density at radius 1 is 1.00 bits per heavy atom. The summed E-state index contributed by atoms with van der Waals surface area (Å²) in [6.07, 6.45) is 0. The number of ether oxygens (including phenoxy) is 1. The standard InChI is InChI=1S/C22H21ClN2O3S2/c1-15-11-17(23)4-5-18(15)28-13-16-12-20(30-14-16)22(27)25-8-6-24(7-9-25)21(26)19-3-2-10-29-19/h2-5,10-12,14H,6-9,13H2,1H3. The molecule has 8 heteroatoms. The van der Waals surface area contributed by atoms with Gasteiger partial charge in [-0.25, -0.2) is 0 Å². The van der Waals surface area contributed by atoms with E-state index in [9.17, 15) is 9.59 Å². The minimum atomic E-state index is 0.0112. The lowest BCUT2D eigenvalue weighted by atomic mass is 10.2. The summed E-state index contributed by atoms with van der Waals surface area (Å²) in [7, 11) is 0. The monoisotopic (exact) mass is 460 g/mol. The van der Waals surface area contributed by atoms with Crippen molar-refractivity contribution in [2.75, 3.05) is 26.2 Å². The summed E-state index contributed by atoms with van der Waals surface area (Å²) >= 11 is 8.86. The molecule has 30 heavy (non-hydrogen) atoms. The number of thiophene rings is 2. The number of carbonyl (C=O) groups excluding carboxylic acids is 2. The third kappa shape index (κ3) is 4.69. The third-order valence-electron chi connectivity index (χ3n) is 4.98. The highest BCUT2D eigenvalue weighted by Crippen LogP contribution is 2.24. The second-order valence-corrected chi connectivity index (χ2v) is 9.37. The van der Waals surface area contributed by atoms with Crippen LogP contribution in [0.5, 0.6) is 5.75 Å². The van der Waals surface area contributed by atoms with Crippen LogP contribution < -0.4 is 4.74 Å². The molecule has 1 saturated heterocycles. The highest BCUT2D eigenvalue weighted by atomic mass is 35.5. The number of aryl methyl sites for hydroxylation is 1. The quantitative estimate of drug-likeness (QED) is 0.541. The molecule has 0 spiro atoms. The van der Waals surface area contributed by atoms with Crippen molar-refractivity contribution < 1.29 is 14.3 Å². The summed E-state index contributed by atoms with van der Waals surface area (Å²) in [5.74, 6) is 0.840. The van der Waals surface area contributed by atoms with Gasteiger partial charge in [-0.05, 0) is 53.6 Å². The fourth-order valence-corrected chi connectivity index (χ4v) is 5.11. The molecule has 0 radical (unpaired) electrons. The van der Waals surface area contributed by atoms with Crippen molar-refractivity contribution in [3.05, 3.63) is 73.1 Å². The summed E-state index contributed by atoms with van der Waals surface area (Å²) < 4.78 is 5.87. The second kappa shape index (κ2) is 9.20. The van der Waals surface area contributed by atoms with Gasteiger partial charge in [0.25, 0.3) is 11.8 Å². The molecule has 0 unspecified atom stereocenters. The van der Waals surface area contributed by atoms with E-state index in [0.29, 0.717) is 42.7 Å². The van der Waals surface area contributed by atoms with Crippen molar-refractivity contribution in [2.45, 2.75) is 13.5 Å². The molecule has 0 aliphatic carbocycles. The summed E-state index contributed by atoms with van der Waals surface area (Å²) in [6.45, 7) is 4.55. The van der Waals surface area contributed by atoms with Crippen LogP contribution in [0.3, 0.4) is 0 Å². The van der Waals surface area contributed by atoms with Gasteiger partial charge in [0, 0.05) is 36.8 Å². The van der Waals surface area contributed by atoms with Crippen LogP contribution in [-0.4, -0.2) is 47.8 Å². The second-order valence-electron chi connectivity index (χ2n) is 7.08. The van der Waals surface area contributed by atoms with Gasteiger partial charge in [0.2, 0.25) is 0 Å². The average molecular weight is 461 g/mol. The average Bonchev–Trinajstić information content (AvgIpc) is 3.45. The number of amides is 2. The Morgan fingerprint density at radius 3 is 2.33 bits per heavy atom. The topological polar surface area (TPSA) is 49.9 Å². The van der Waals surface area contributed by atoms with Crippen LogP contribution in [0.1, 0.15) is 30.5 Å². The normalized spacial score (nSPS) is 14.1. The first kappa shape index (κ1) is 20.9. The molecular weight excluding hydrogens is 440 g/mol. The molecule has 0 bridgehead atoms. The Morgan fingerprint density at radius 2 is 1.70 bits per heavy atom. The van der Waals surface area contributed by atoms with Crippen molar-refractivity contribution in [3.8, 4) is 5.75 Å². The molecule has 5 nitrogen and oxygen atoms in total. The van der Waals surface area contributed by atoms with Crippen LogP contribution in [-0.2, 0) is 6.61 Å². The number of rotatable bonds is 5. The van der Waals surface area contributed by atoms with Gasteiger partial charge in [-0.15, -0.1) is 22.7 Å². The zero-order valence-corrected chi connectivity index (χ0v) is 18.9. The number of hydrogen-bond donors (Lipinski definition) is 0. The number of piperazine rings is 1. The lowest BCUT2D eigenvalue weighted by molar-refractivity contribution is 0.0540. The Kier molecular flexibility index (Phi) is 6.41. The first-order valence-corrected chi connectivity index (χ1v) is 11.7. The van der Waals surface area contributed by atoms with Gasteiger partial charge >= 0.3 is 0 Å². The van der Waals surface area contributed by atoms with Gasteiger partial charge in [0.1, 0.15) is 12.4 Å². The predicted molar refractivity (Wildman–Crippen MR) is 121 cm³/mol. The number of hydrogen-bond acceptors (Lipinski definition) is 5. The summed E-state index contributed by atoms with van der Waals surface area (Å²) in [4.78, 5) is 30.4. The molecule has 1 aliphatic rings. The van der Waals surface area contributed by atoms with Crippen LogP contribution in [0.4, 0.5) is 0 Å². The maximum Gasteiger partial charge on any atom is 0.264 e. The van der Waals surface area contributed by atoms with E-state index in [4.69, 9.17) is 16.3 Å². The van der Waals surface area contributed by atoms with Crippen molar-refractivity contribution in [2.24, 2.45) is 0 Å². The Labute approximate surface area is 188 Å². The third-order valence-corrected chi connectivity index (χ3v) is 7.04. The first-order chi connectivity index (χ1) is 14.5. The van der Waals surface area contributed by atoms with Crippen molar-refractivity contribution in [1.29, 1.82) is 0 Å². The van der Waals surface area contributed by atoms with Crippen molar-refractivity contribution >= 4 is 46.1 Å². The molecule has 156 valence electrons. The Bertz CT molecular complexity index is 1040. The molecule has 1 fully saturated rings. The SMILES string of the molecule is Cc1cc(Cl)ccc1OCc1csc(C(=O)N2CCN(C(=O)c3cccs3)CC2)c1. The number of nitrogens with zero attached hydrogens (tertiary/aromatic N) is 2. The summed E-state index contributed by atoms with van der Waals surface area (Å²) in [5, 5.41) is 4.54. The number of benzene rings is 1. The van der Waals surface area contributed by atoms with E-state index in [1.165, 1.54) is 22.7 Å². The molecule has 0 N–H and O–H groups in total. The smallest absolute Gasteiger partial charge is 0.264 e. The number of carbonyl (C=O) groups is 2. The van der Waals surface area contributed by atoms with Crippen LogP contribution in [0, 0.1) is 6.92 Å². The van der Waals surface area contributed by atoms with E-state index in [1.54, 1.807) is 6.07 Å². The maximum atomic E-state index is 12.9. The highest BCUT2D eigenvalue weighted by Gasteiger charge is 2.26. The molecule has 3 aromatic rings. The molecule has 4 rings (SSSR count). The zero-order valence-electron chi connectivity index (χ0n) is 16.5. The lowest BCUT2D eigenvalue weighted by Crippen LogP contribution is -2.50. The fourth-order valence-electron chi connectivity index (χ4n) is 3.32. The van der Waals surface area contributed by atoms with Crippen LogP contribution in [0.15, 0.2) is 47.2 Å². The van der Waals surface area contributed by atoms with Crippen LogP contribution in [0.25, 0.3) is 0 Å². The maximum absolute atomic E-state index is 12.9. The molecular formula is C22H21ClN2O3S2. The summed E-state index contributed by atoms with van der Waals surface area (Å²) in [5.41, 5.74) is 1.94. The molecule has 1 aromatic carbocycles. The van der Waals surface area contributed by atoms with Gasteiger partial charge in [-0.2, -0.15) is 0 Å². The van der Waals surface area contributed by atoms with E-state index in [1.807, 2.05) is 57.8 Å². The molecule has 0 saturated carbocycles. The van der Waals surface area contributed by atoms with Crippen molar-refractivity contribution in [3.63, 3.8) is 0 Å². The van der Waals surface area contributed by atoms with Gasteiger partial charge in [0.15, 0.2) is 0 Å².